The van der Waals surface area contributed by atoms with E-state index in [2.05, 4.69) is 17.6 Å². The van der Waals surface area contributed by atoms with Crippen LogP contribution in [0.4, 0.5) is 10.5 Å². The fraction of sp³-hybridized carbons (Fsp3) is 0.323. The van der Waals surface area contributed by atoms with Crippen molar-refractivity contribution in [2.75, 3.05) is 24.2 Å². The fourth-order valence-corrected chi connectivity index (χ4v) is 5.51. The molecule has 3 aromatic rings. The third-order valence-corrected chi connectivity index (χ3v) is 7.88. The zero-order valence-electron chi connectivity index (χ0n) is 23.3. The first-order chi connectivity index (χ1) is 20.3. The number of amides is 2. The van der Waals surface area contributed by atoms with Gasteiger partial charge in [0, 0.05) is 27.8 Å². The summed E-state index contributed by atoms with van der Waals surface area (Å²) < 4.78 is 17.7. The fourth-order valence-electron chi connectivity index (χ4n) is 4.45. The molecule has 1 aliphatic heterocycles. The molecule has 4 rings (SSSR count). The summed E-state index contributed by atoms with van der Waals surface area (Å²) in [5.74, 6) is -0.895. The SMILES string of the molecule is CCOC(=O)CNC(=O)Nc1ccc([C@H]2O[C@@H](CSc3ccc(C(=O)O)cc3)[C@@H](C)[C@@H](c3ccc(CO)cc3)O2)cc1. The van der Waals surface area contributed by atoms with Crippen LogP contribution in [0.5, 0.6) is 0 Å². The van der Waals surface area contributed by atoms with Crippen LogP contribution in [-0.2, 0) is 25.6 Å². The summed E-state index contributed by atoms with van der Waals surface area (Å²) in [5.41, 5.74) is 3.29. The molecule has 3 aromatic carbocycles. The molecule has 0 bridgehead atoms. The van der Waals surface area contributed by atoms with Gasteiger partial charge in [0.25, 0.3) is 0 Å². The molecule has 0 radical (unpaired) electrons. The van der Waals surface area contributed by atoms with E-state index in [0.29, 0.717) is 11.4 Å². The lowest BCUT2D eigenvalue weighted by atomic mass is 9.91. The number of esters is 1. The Kier molecular flexibility index (Phi) is 11.0. The summed E-state index contributed by atoms with van der Waals surface area (Å²) in [5, 5.41) is 23.8. The monoisotopic (exact) mass is 594 g/mol. The van der Waals surface area contributed by atoms with Crippen molar-refractivity contribution in [3.8, 4) is 0 Å². The number of carboxylic acids is 1. The maximum atomic E-state index is 12.1. The minimum Gasteiger partial charge on any atom is -0.478 e. The summed E-state index contributed by atoms with van der Waals surface area (Å²) in [6.45, 7) is 3.72. The Morgan fingerprint density at radius 2 is 1.60 bits per heavy atom. The summed E-state index contributed by atoms with van der Waals surface area (Å²) in [7, 11) is 0. The maximum Gasteiger partial charge on any atom is 0.335 e. The van der Waals surface area contributed by atoms with E-state index in [9.17, 15) is 24.6 Å². The van der Waals surface area contributed by atoms with Crippen molar-refractivity contribution in [2.45, 2.75) is 43.8 Å². The lowest BCUT2D eigenvalue weighted by Crippen LogP contribution is -2.38. The standard InChI is InChI=1S/C31H34N2O8S/c1-3-39-27(35)16-32-31(38)33-24-12-8-23(9-13-24)30-40-26(18-42-25-14-10-22(11-15-25)29(36)37)19(2)28(41-30)21-6-4-20(17-34)5-7-21/h4-15,19,26,28,30,34H,3,16-18H2,1-2H3,(H,36,37)(H2,32,33,38)/t19-,26+,28+,30+/m1/s1. The van der Waals surface area contributed by atoms with Gasteiger partial charge in [-0.15, -0.1) is 11.8 Å². The number of carbonyl (C=O) groups is 3. The number of hydrogen-bond acceptors (Lipinski definition) is 8. The second-order valence-corrected chi connectivity index (χ2v) is 10.8. The summed E-state index contributed by atoms with van der Waals surface area (Å²) >= 11 is 1.58. The highest BCUT2D eigenvalue weighted by atomic mass is 32.2. The number of aromatic carboxylic acids is 1. The van der Waals surface area contributed by atoms with Crippen molar-refractivity contribution in [1.29, 1.82) is 0 Å². The van der Waals surface area contributed by atoms with Crippen LogP contribution in [0, 0.1) is 5.92 Å². The first-order valence-electron chi connectivity index (χ1n) is 13.5. The predicted octanol–water partition coefficient (Wildman–Crippen LogP) is 5.15. The van der Waals surface area contributed by atoms with Crippen molar-refractivity contribution in [3.63, 3.8) is 0 Å². The van der Waals surface area contributed by atoms with Crippen molar-refractivity contribution in [2.24, 2.45) is 5.92 Å². The number of thioether (sulfide) groups is 1. The third-order valence-electron chi connectivity index (χ3n) is 6.78. The van der Waals surface area contributed by atoms with Crippen LogP contribution >= 0.6 is 11.8 Å². The number of rotatable bonds is 11. The zero-order valence-corrected chi connectivity index (χ0v) is 24.1. The smallest absolute Gasteiger partial charge is 0.335 e. The van der Waals surface area contributed by atoms with Gasteiger partial charge >= 0.3 is 18.0 Å². The van der Waals surface area contributed by atoms with Gasteiger partial charge in [-0.2, -0.15) is 0 Å². The molecule has 222 valence electrons. The summed E-state index contributed by atoms with van der Waals surface area (Å²) in [6.07, 6.45) is -1.18. The molecule has 0 aromatic heterocycles. The lowest BCUT2D eigenvalue weighted by molar-refractivity contribution is -0.268. The average molecular weight is 595 g/mol. The van der Waals surface area contributed by atoms with Crippen LogP contribution in [0.15, 0.2) is 77.7 Å². The number of ether oxygens (including phenoxy) is 3. The lowest BCUT2D eigenvalue weighted by Gasteiger charge is -2.41. The Hall–Kier alpha value is -3.90. The molecule has 0 spiro atoms. The van der Waals surface area contributed by atoms with E-state index in [1.54, 1.807) is 55.1 Å². The predicted molar refractivity (Wildman–Crippen MR) is 157 cm³/mol. The summed E-state index contributed by atoms with van der Waals surface area (Å²) in [6, 6.07) is 20.9. The molecule has 1 saturated heterocycles. The van der Waals surface area contributed by atoms with E-state index in [-0.39, 0.29) is 43.4 Å². The highest BCUT2D eigenvalue weighted by Crippen LogP contribution is 2.43. The van der Waals surface area contributed by atoms with Crippen LogP contribution < -0.4 is 10.6 Å². The molecule has 2 amide bonds. The van der Waals surface area contributed by atoms with Crippen molar-refractivity contribution in [1.82, 2.24) is 5.32 Å². The minimum atomic E-state index is -0.968. The zero-order chi connectivity index (χ0) is 30.1. The molecule has 1 fully saturated rings. The molecule has 42 heavy (non-hydrogen) atoms. The topological polar surface area (TPSA) is 143 Å². The number of urea groups is 1. The van der Waals surface area contributed by atoms with E-state index in [0.717, 1.165) is 21.6 Å². The average Bonchev–Trinajstić information content (AvgIpc) is 3.00. The minimum absolute atomic E-state index is 0.0175. The molecule has 0 aliphatic carbocycles. The van der Waals surface area contributed by atoms with E-state index >= 15 is 0 Å². The Morgan fingerprint density at radius 3 is 2.21 bits per heavy atom. The Balaban J connectivity index is 1.47. The highest BCUT2D eigenvalue weighted by molar-refractivity contribution is 7.99. The third kappa shape index (κ3) is 8.32. The number of hydrogen-bond donors (Lipinski definition) is 4. The molecular formula is C31H34N2O8S. The Morgan fingerprint density at radius 1 is 0.929 bits per heavy atom. The Bertz CT molecular complexity index is 1350. The Labute approximate surface area is 248 Å². The molecule has 1 aliphatic rings. The highest BCUT2D eigenvalue weighted by Gasteiger charge is 2.38. The quantitative estimate of drug-likeness (QED) is 0.175. The van der Waals surface area contributed by atoms with Crippen LogP contribution in [-0.4, -0.2) is 53.2 Å². The number of carbonyl (C=O) groups excluding carboxylic acids is 2. The van der Waals surface area contributed by atoms with Gasteiger partial charge in [0.2, 0.25) is 0 Å². The van der Waals surface area contributed by atoms with Gasteiger partial charge < -0.3 is 35.1 Å². The van der Waals surface area contributed by atoms with Crippen LogP contribution in [0.3, 0.4) is 0 Å². The number of aliphatic hydroxyl groups is 1. The number of benzene rings is 3. The van der Waals surface area contributed by atoms with Gasteiger partial charge in [-0.25, -0.2) is 9.59 Å². The molecule has 1 heterocycles. The van der Waals surface area contributed by atoms with E-state index < -0.39 is 24.3 Å². The van der Waals surface area contributed by atoms with Crippen molar-refractivity contribution >= 4 is 35.4 Å². The second-order valence-electron chi connectivity index (χ2n) is 9.70. The van der Waals surface area contributed by atoms with Gasteiger partial charge in [-0.3, -0.25) is 4.79 Å². The molecule has 4 atom stereocenters. The van der Waals surface area contributed by atoms with Gasteiger partial charge in [-0.1, -0.05) is 43.3 Å². The van der Waals surface area contributed by atoms with Crippen molar-refractivity contribution < 1.29 is 38.8 Å². The molecular weight excluding hydrogens is 560 g/mol. The number of nitrogens with one attached hydrogen (secondary N) is 2. The van der Waals surface area contributed by atoms with Gasteiger partial charge in [0.1, 0.15) is 6.54 Å². The van der Waals surface area contributed by atoms with E-state index in [4.69, 9.17) is 14.2 Å². The van der Waals surface area contributed by atoms with Crippen molar-refractivity contribution in [3.05, 3.63) is 95.1 Å². The van der Waals surface area contributed by atoms with Crippen LogP contribution in [0.2, 0.25) is 0 Å². The molecule has 10 nitrogen and oxygen atoms in total. The summed E-state index contributed by atoms with van der Waals surface area (Å²) in [4.78, 5) is 35.7. The maximum absolute atomic E-state index is 12.1. The normalized spacial score (nSPS) is 20.0. The first-order valence-corrected chi connectivity index (χ1v) is 14.5. The van der Waals surface area contributed by atoms with Crippen LogP contribution in [0.25, 0.3) is 0 Å². The van der Waals surface area contributed by atoms with Crippen LogP contribution in [0.1, 0.15) is 53.3 Å². The van der Waals surface area contributed by atoms with E-state index in [1.807, 2.05) is 36.4 Å². The number of carboxylic acid groups (broad SMARTS) is 1. The molecule has 0 unspecified atom stereocenters. The molecule has 0 saturated carbocycles. The van der Waals surface area contributed by atoms with Gasteiger partial charge in [0.15, 0.2) is 6.29 Å². The van der Waals surface area contributed by atoms with E-state index in [1.165, 1.54) is 0 Å². The molecule has 11 heteroatoms. The molecule has 4 N–H and O–H groups in total. The number of aliphatic hydroxyl groups excluding tert-OH is 1. The number of anilines is 1. The first kappa shape index (κ1) is 31.0. The largest absolute Gasteiger partial charge is 0.478 e. The van der Waals surface area contributed by atoms with Gasteiger partial charge in [0.05, 0.1) is 31.0 Å². The second kappa shape index (κ2) is 14.8. The van der Waals surface area contributed by atoms with Gasteiger partial charge in [-0.05, 0) is 54.4 Å².